The van der Waals surface area contributed by atoms with Gasteiger partial charge >= 0.3 is 5.97 Å². The van der Waals surface area contributed by atoms with Gasteiger partial charge in [-0.05, 0) is 127 Å². The molecule has 6 fully saturated rings. The van der Waals surface area contributed by atoms with E-state index < -0.39 is 0 Å². The second kappa shape index (κ2) is 9.45. The molecular formula is C39H56O3. The average Bonchev–Trinajstić information content (AvgIpc) is 3.30. The summed E-state index contributed by atoms with van der Waals surface area (Å²) < 4.78 is 13.0. The van der Waals surface area contributed by atoms with Crippen LogP contribution in [0.15, 0.2) is 36.4 Å². The normalized spacial score (nSPS) is 48.5. The molecule has 0 aromatic heterocycles. The lowest BCUT2D eigenvalue weighted by Crippen LogP contribution is -2.67. The summed E-state index contributed by atoms with van der Waals surface area (Å²) in [7, 11) is 0. The zero-order chi connectivity index (χ0) is 29.8. The van der Waals surface area contributed by atoms with Crippen LogP contribution in [-0.4, -0.2) is 24.8 Å². The van der Waals surface area contributed by atoms with E-state index in [4.69, 9.17) is 9.47 Å². The maximum atomic E-state index is 13.0. The Hall–Kier alpha value is -1.61. The van der Waals surface area contributed by atoms with E-state index in [2.05, 4.69) is 48.5 Å². The Morgan fingerprint density at radius 3 is 2.14 bits per heavy atom. The molecule has 5 saturated carbocycles. The minimum atomic E-state index is -0.196. The standard InChI is InChI=1S/C39H56O3/c1-34(2)23-24-39-22-17-29-37(6)19-15-27-35(3,4)30(42-31(40)14-13-26-11-9-8-10-12-26)18-21-36(27,5)28(37)16-20-38(29,7)32(39)33(34)41-25-39/h8-14,27-30,32-33H,15-25H2,1-7H3. The molecule has 230 valence electrons. The van der Waals surface area contributed by atoms with Gasteiger partial charge in [0.05, 0.1) is 12.7 Å². The molecule has 3 nitrogen and oxygen atoms in total. The molecule has 1 heterocycles. The van der Waals surface area contributed by atoms with Gasteiger partial charge in [-0.25, -0.2) is 4.79 Å². The molecule has 6 aliphatic rings. The van der Waals surface area contributed by atoms with Crippen molar-refractivity contribution in [2.45, 2.75) is 125 Å². The number of hydrogen-bond acceptors (Lipinski definition) is 3. The molecule has 1 aliphatic heterocycles. The fourth-order valence-corrected chi connectivity index (χ4v) is 13.4. The highest BCUT2D eigenvalue weighted by Gasteiger charge is 2.72. The van der Waals surface area contributed by atoms with Gasteiger partial charge < -0.3 is 9.47 Å². The lowest BCUT2D eigenvalue weighted by Gasteiger charge is -2.72. The number of ether oxygens (including phenoxy) is 2. The van der Waals surface area contributed by atoms with E-state index in [1.165, 1.54) is 57.8 Å². The van der Waals surface area contributed by atoms with Gasteiger partial charge in [-0.1, -0.05) is 78.8 Å². The molecule has 1 aromatic carbocycles. The van der Waals surface area contributed by atoms with E-state index in [0.717, 1.165) is 36.3 Å². The zero-order valence-electron chi connectivity index (χ0n) is 27.5. The smallest absolute Gasteiger partial charge is 0.331 e. The molecule has 42 heavy (non-hydrogen) atoms. The van der Waals surface area contributed by atoms with E-state index in [-0.39, 0.29) is 17.5 Å². The predicted molar refractivity (Wildman–Crippen MR) is 170 cm³/mol. The largest absolute Gasteiger partial charge is 0.459 e. The predicted octanol–water partition coefficient (Wildman–Crippen LogP) is 9.50. The van der Waals surface area contributed by atoms with Gasteiger partial charge in [0.1, 0.15) is 6.10 Å². The second-order valence-electron chi connectivity index (χ2n) is 17.9. The van der Waals surface area contributed by atoms with Crippen molar-refractivity contribution >= 4 is 12.0 Å². The first-order valence-electron chi connectivity index (χ1n) is 17.3. The molecule has 1 saturated heterocycles. The number of rotatable bonds is 3. The molecule has 1 aromatic rings. The molecule has 10 unspecified atom stereocenters. The molecule has 7 rings (SSSR count). The minimum Gasteiger partial charge on any atom is -0.459 e. The van der Waals surface area contributed by atoms with Gasteiger partial charge in [-0.15, -0.1) is 0 Å². The van der Waals surface area contributed by atoms with Crippen LogP contribution in [0.2, 0.25) is 0 Å². The van der Waals surface area contributed by atoms with Crippen LogP contribution >= 0.6 is 0 Å². The van der Waals surface area contributed by atoms with Crippen LogP contribution < -0.4 is 0 Å². The Kier molecular flexibility index (Phi) is 6.55. The van der Waals surface area contributed by atoms with Crippen LogP contribution in [0.4, 0.5) is 0 Å². The summed E-state index contributed by atoms with van der Waals surface area (Å²) in [5.41, 5.74) is 2.82. The first kappa shape index (κ1) is 29.1. The summed E-state index contributed by atoms with van der Waals surface area (Å²) in [5, 5.41) is 0. The van der Waals surface area contributed by atoms with Gasteiger partial charge in [0.15, 0.2) is 0 Å². The van der Waals surface area contributed by atoms with E-state index in [0.29, 0.717) is 39.1 Å². The summed E-state index contributed by atoms with van der Waals surface area (Å²) >= 11 is 0. The van der Waals surface area contributed by atoms with Crippen molar-refractivity contribution in [1.29, 1.82) is 0 Å². The zero-order valence-corrected chi connectivity index (χ0v) is 27.5. The van der Waals surface area contributed by atoms with Crippen molar-refractivity contribution < 1.29 is 14.3 Å². The summed E-state index contributed by atoms with van der Waals surface area (Å²) in [4.78, 5) is 13.0. The fourth-order valence-electron chi connectivity index (χ4n) is 13.4. The van der Waals surface area contributed by atoms with Gasteiger partial charge in [0.25, 0.3) is 0 Å². The number of benzene rings is 1. The second-order valence-corrected chi connectivity index (χ2v) is 17.9. The van der Waals surface area contributed by atoms with E-state index in [1.54, 1.807) is 6.08 Å². The highest BCUT2D eigenvalue weighted by Crippen LogP contribution is 2.77. The number of esters is 1. The van der Waals surface area contributed by atoms with Crippen molar-refractivity contribution in [2.24, 2.45) is 56.2 Å². The van der Waals surface area contributed by atoms with Crippen molar-refractivity contribution in [1.82, 2.24) is 0 Å². The summed E-state index contributed by atoms with van der Waals surface area (Å²) in [6.07, 6.45) is 16.9. The molecule has 0 N–H and O–H groups in total. The van der Waals surface area contributed by atoms with Gasteiger partial charge in [0.2, 0.25) is 0 Å². The quantitative estimate of drug-likeness (QED) is 0.267. The number of fused-ring (bicyclic) bond motifs is 5. The van der Waals surface area contributed by atoms with E-state index in [9.17, 15) is 4.79 Å². The maximum absolute atomic E-state index is 13.0. The van der Waals surface area contributed by atoms with E-state index in [1.807, 2.05) is 36.4 Å². The Labute approximate surface area is 255 Å². The van der Waals surface area contributed by atoms with Crippen molar-refractivity contribution in [3.63, 3.8) is 0 Å². The molecule has 3 heteroatoms. The summed E-state index contributed by atoms with van der Waals surface area (Å²) in [6, 6.07) is 10.0. The highest BCUT2D eigenvalue weighted by molar-refractivity contribution is 5.87. The monoisotopic (exact) mass is 572 g/mol. The van der Waals surface area contributed by atoms with Crippen LogP contribution in [-0.2, 0) is 14.3 Å². The Morgan fingerprint density at radius 1 is 0.762 bits per heavy atom. The van der Waals surface area contributed by atoms with Crippen LogP contribution in [0, 0.1) is 56.2 Å². The number of carbonyl (C=O) groups excluding carboxylic acids is 1. The van der Waals surface area contributed by atoms with Crippen molar-refractivity contribution in [3.8, 4) is 0 Å². The van der Waals surface area contributed by atoms with E-state index >= 15 is 0 Å². The van der Waals surface area contributed by atoms with Crippen LogP contribution in [0.5, 0.6) is 0 Å². The first-order valence-corrected chi connectivity index (χ1v) is 17.3. The molecule has 2 bridgehead atoms. The van der Waals surface area contributed by atoms with Crippen LogP contribution in [0.1, 0.15) is 118 Å². The fraction of sp³-hybridized carbons (Fsp3) is 0.769. The molecular weight excluding hydrogens is 516 g/mol. The van der Waals surface area contributed by atoms with Crippen LogP contribution in [0.25, 0.3) is 6.08 Å². The third-order valence-corrected chi connectivity index (χ3v) is 15.3. The van der Waals surface area contributed by atoms with Gasteiger partial charge in [0, 0.05) is 11.5 Å². The maximum Gasteiger partial charge on any atom is 0.331 e. The Morgan fingerprint density at radius 2 is 1.38 bits per heavy atom. The van der Waals surface area contributed by atoms with Gasteiger partial charge in [-0.2, -0.15) is 0 Å². The highest BCUT2D eigenvalue weighted by atomic mass is 16.5. The molecule has 0 amide bonds. The summed E-state index contributed by atoms with van der Waals surface area (Å²) in [5.74, 6) is 2.66. The Balaban J connectivity index is 1.12. The molecule has 0 radical (unpaired) electrons. The topological polar surface area (TPSA) is 35.5 Å². The van der Waals surface area contributed by atoms with Crippen molar-refractivity contribution in [3.05, 3.63) is 42.0 Å². The lowest BCUT2D eigenvalue weighted by molar-refractivity contribution is -0.246. The molecule has 10 atom stereocenters. The average molecular weight is 573 g/mol. The Bertz CT molecular complexity index is 1250. The van der Waals surface area contributed by atoms with Gasteiger partial charge in [-0.3, -0.25) is 0 Å². The van der Waals surface area contributed by atoms with Crippen molar-refractivity contribution in [2.75, 3.05) is 6.61 Å². The third kappa shape index (κ3) is 3.96. The van der Waals surface area contributed by atoms with Crippen LogP contribution in [0.3, 0.4) is 0 Å². The first-order chi connectivity index (χ1) is 19.8. The summed E-state index contributed by atoms with van der Waals surface area (Å²) in [6.45, 7) is 18.9. The number of hydrogen-bond donors (Lipinski definition) is 0. The molecule has 0 spiro atoms. The minimum absolute atomic E-state index is 0.0199. The third-order valence-electron chi connectivity index (χ3n) is 15.3. The molecule has 5 aliphatic carbocycles. The SMILES string of the molecule is CC1(C)CCC23CCC4C(C)(CCC5C6(C)CCC(OC(=O)C=Cc7ccccc7)C(C)(C)C6CCC45C)C2C1OC3. The number of carbonyl (C=O) groups is 1. The lowest BCUT2D eigenvalue weighted by atomic mass is 9.32.